The minimum absolute atomic E-state index is 0.0650. The summed E-state index contributed by atoms with van der Waals surface area (Å²) in [7, 11) is 0. The highest BCUT2D eigenvalue weighted by Crippen LogP contribution is 2.28. The molecule has 2 aromatic rings. The predicted octanol–water partition coefficient (Wildman–Crippen LogP) is 4.08. The average Bonchev–Trinajstić information content (AvgIpc) is 2.42. The van der Waals surface area contributed by atoms with Crippen molar-refractivity contribution in [2.24, 2.45) is 0 Å². The Bertz CT molecular complexity index is 663. The maximum absolute atomic E-state index is 13.6. The van der Waals surface area contributed by atoms with Gasteiger partial charge in [-0.25, -0.2) is 4.39 Å². The molecule has 0 N–H and O–H groups in total. The van der Waals surface area contributed by atoms with E-state index in [0.29, 0.717) is 10.0 Å². The van der Waals surface area contributed by atoms with E-state index in [1.165, 1.54) is 18.2 Å². The summed E-state index contributed by atoms with van der Waals surface area (Å²) < 4.78 is 14.3. The normalized spacial score (nSPS) is 11.6. The van der Waals surface area contributed by atoms with Crippen molar-refractivity contribution in [2.75, 3.05) is 0 Å². The molecule has 0 saturated heterocycles. The van der Waals surface area contributed by atoms with E-state index in [9.17, 15) is 14.4 Å². The van der Waals surface area contributed by atoms with E-state index < -0.39 is 17.5 Å². The fraction of sp³-hybridized carbons (Fsp3) is 0.0667. The first-order valence-electron chi connectivity index (χ1n) is 5.58. The largest absolute Gasteiger partial charge is 0.292 e. The average molecular weight is 318 g/mol. The number of hydrogen-bond donors (Lipinski definition) is 0. The number of nitrogens with zero attached hydrogens (tertiary/aromatic N) is 1. The molecule has 0 saturated carbocycles. The lowest BCUT2D eigenvalue weighted by molar-refractivity contribution is 0.0974. The molecule has 0 aliphatic heterocycles. The monoisotopic (exact) mass is 317 g/mol. The molecule has 4 heteroatoms. The van der Waals surface area contributed by atoms with Gasteiger partial charge in [-0.3, -0.25) is 4.79 Å². The van der Waals surface area contributed by atoms with Crippen LogP contribution in [0.2, 0.25) is 0 Å². The SMILES string of the molecule is N#CC(C(=O)c1ccccc1F)c1ccccc1Br. The highest BCUT2D eigenvalue weighted by atomic mass is 79.9. The summed E-state index contributed by atoms with van der Waals surface area (Å²) in [4.78, 5) is 12.3. The van der Waals surface area contributed by atoms with Crippen molar-refractivity contribution in [2.45, 2.75) is 5.92 Å². The molecule has 0 bridgehead atoms. The second kappa shape index (κ2) is 5.77. The number of rotatable bonds is 3. The number of hydrogen-bond acceptors (Lipinski definition) is 2. The van der Waals surface area contributed by atoms with Gasteiger partial charge in [-0.1, -0.05) is 46.3 Å². The smallest absolute Gasteiger partial charge is 0.187 e. The zero-order chi connectivity index (χ0) is 13.8. The van der Waals surface area contributed by atoms with Crippen molar-refractivity contribution in [1.29, 1.82) is 5.26 Å². The van der Waals surface area contributed by atoms with Crippen molar-refractivity contribution in [3.05, 3.63) is 69.9 Å². The number of ketones is 1. The highest BCUT2D eigenvalue weighted by Gasteiger charge is 2.25. The number of Topliss-reactive ketones (excluding diaryl/α,β-unsaturated/α-hetero) is 1. The Hall–Kier alpha value is -1.99. The number of benzene rings is 2. The fourth-order valence-electron chi connectivity index (χ4n) is 1.80. The van der Waals surface area contributed by atoms with Gasteiger partial charge in [0.15, 0.2) is 5.78 Å². The van der Waals surface area contributed by atoms with Crippen molar-refractivity contribution in [1.82, 2.24) is 0 Å². The Morgan fingerprint density at radius 2 is 1.79 bits per heavy atom. The zero-order valence-electron chi connectivity index (χ0n) is 9.81. The van der Waals surface area contributed by atoms with Crippen molar-refractivity contribution >= 4 is 21.7 Å². The van der Waals surface area contributed by atoms with Gasteiger partial charge in [0.25, 0.3) is 0 Å². The van der Waals surface area contributed by atoms with E-state index in [0.717, 1.165) is 0 Å². The summed E-state index contributed by atoms with van der Waals surface area (Å²) in [6.45, 7) is 0. The molecule has 0 spiro atoms. The molecule has 0 aromatic heterocycles. The molecule has 0 fully saturated rings. The molecule has 94 valence electrons. The number of carbonyl (C=O) groups excluding carboxylic acids is 1. The summed E-state index contributed by atoms with van der Waals surface area (Å²) >= 11 is 3.30. The van der Waals surface area contributed by atoms with Crippen LogP contribution in [-0.2, 0) is 0 Å². The first kappa shape index (κ1) is 13.4. The summed E-state index contributed by atoms with van der Waals surface area (Å²) in [6, 6.07) is 14.6. The van der Waals surface area contributed by atoms with E-state index in [1.54, 1.807) is 30.3 Å². The van der Waals surface area contributed by atoms with Gasteiger partial charge >= 0.3 is 0 Å². The van der Waals surface area contributed by atoms with Crippen LogP contribution < -0.4 is 0 Å². The third kappa shape index (κ3) is 2.72. The van der Waals surface area contributed by atoms with Gasteiger partial charge < -0.3 is 0 Å². The third-order valence-electron chi connectivity index (χ3n) is 2.75. The quantitative estimate of drug-likeness (QED) is 0.800. The Kier molecular flexibility index (Phi) is 4.08. The van der Waals surface area contributed by atoms with Crippen LogP contribution in [0, 0.1) is 17.1 Å². The lowest BCUT2D eigenvalue weighted by Crippen LogP contribution is -2.13. The van der Waals surface area contributed by atoms with Gasteiger partial charge in [-0.2, -0.15) is 5.26 Å². The lowest BCUT2D eigenvalue weighted by atomic mass is 9.92. The molecule has 1 atom stereocenters. The maximum Gasteiger partial charge on any atom is 0.187 e. The maximum atomic E-state index is 13.6. The van der Waals surface area contributed by atoms with Crippen molar-refractivity contribution < 1.29 is 9.18 Å². The minimum atomic E-state index is -1.02. The van der Waals surface area contributed by atoms with Crippen LogP contribution in [0.25, 0.3) is 0 Å². The van der Waals surface area contributed by atoms with E-state index in [2.05, 4.69) is 15.9 Å². The van der Waals surface area contributed by atoms with Crippen LogP contribution in [0.1, 0.15) is 21.8 Å². The van der Waals surface area contributed by atoms with Gasteiger partial charge in [0.05, 0.1) is 11.6 Å². The van der Waals surface area contributed by atoms with E-state index in [4.69, 9.17) is 0 Å². The van der Waals surface area contributed by atoms with E-state index in [-0.39, 0.29) is 5.56 Å². The topological polar surface area (TPSA) is 40.9 Å². The van der Waals surface area contributed by atoms with Crippen LogP contribution in [-0.4, -0.2) is 5.78 Å². The molecule has 19 heavy (non-hydrogen) atoms. The molecule has 2 nitrogen and oxygen atoms in total. The van der Waals surface area contributed by atoms with Crippen LogP contribution in [0.15, 0.2) is 53.0 Å². The van der Waals surface area contributed by atoms with E-state index >= 15 is 0 Å². The first-order valence-corrected chi connectivity index (χ1v) is 6.37. The van der Waals surface area contributed by atoms with Gasteiger partial charge in [-0.05, 0) is 23.8 Å². The fourth-order valence-corrected chi connectivity index (χ4v) is 2.31. The first-order chi connectivity index (χ1) is 9.15. The summed E-state index contributed by atoms with van der Waals surface area (Å²) in [5.41, 5.74) is 0.475. The molecular weight excluding hydrogens is 309 g/mol. The molecule has 0 radical (unpaired) electrons. The Labute approximate surface area is 118 Å². The minimum Gasteiger partial charge on any atom is -0.292 e. The molecule has 2 aromatic carbocycles. The predicted molar refractivity (Wildman–Crippen MR) is 73.2 cm³/mol. The molecule has 1 unspecified atom stereocenters. The number of carbonyl (C=O) groups is 1. The lowest BCUT2D eigenvalue weighted by Gasteiger charge is -2.11. The molecule has 0 aliphatic carbocycles. The number of halogens is 2. The second-order valence-corrected chi connectivity index (χ2v) is 4.78. The number of nitriles is 1. The summed E-state index contributed by atoms with van der Waals surface area (Å²) in [6.07, 6.45) is 0. The Morgan fingerprint density at radius 1 is 1.16 bits per heavy atom. The Morgan fingerprint density at radius 3 is 2.42 bits per heavy atom. The van der Waals surface area contributed by atoms with Crippen LogP contribution in [0.4, 0.5) is 4.39 Å². The van der Waals surface area contributed by atoms with Gasteiger partial charge in [-0.15, -0.1) is 0 Å². The second-order valence-electron chi connectivity index (χ2n) is 3.93. The molecule has 0 heterocycles. The van der Waals surface area contributed by atoms with Gasteiger partial charge in [0.2, 0.25) is 0 Å². The molecule has 0 aliphatic rings. The Balaban J connectivity index is 2.45. The van der Waals surface area contributed by atoms with Crippen molar-refractivity contribution in [3.8, 4) is 6.07 Å². The molecule has 2 rings (SSSR count). The van der Waals surface area contributed by atoms with Crippen molar-refractivity contribution in [3.63, 3.8) is 0 Å². The van der Waals surface area contributed by atoms with Gasteiger partial charge in [0.1, 0.15) is 11.7 Å². The van der Waals surface area contributed by atoms with E-state index in [1.807, 2.05) is 6.07 Å². The van der Waals surface area contributed by atoms with Crippen LogP contribution in [0.3, 0.4) is 0 Å². The van der Waals surface area contributed by atoms with Gasteiger partial charge in [0, 0.05) is 4.47 Å². The third-order valence-corrected chi connectivity index (χ3v) is 3.47. The molecular formula is C15H9BrFNO. The van der Waals surface area contributed by atoms with Crippen LogP contribution >= 0.6 is 15.9 Å². The summed E-state index contributed by atoms with van der Waals surface area (Å²) in [5, 5.41) is 9.21. The molecule has 0 amide bonds. The summed E-state index contributed by atoms with van der Waals surface area (Å²) in [5.74, 6) is -2.17. The van der Waals surface area contributed by atoms with Crippen LogP contribution in [0.5, 0.6) is 0 Å². The standard InChI is InChI=1S/C15H9BrFNO/c16-13-7-3-1-5-10(13)12(9-18)15(19)11-6-2-4-8-14(11)17/h1-8,12H. The highest BCUT2D eigenvalue weighted by molar-refractivity contribution is 9.10. The zero-order valence-corrected chi connectivity index (χ0v) is 11.4.